The maximum atomic E-state index is 5.89. The summed E-state index contributed by atoms with van der Waals surface area (Å²) in [5.74, 6) is 2.92. The molecule has 3 heterocycles. The van der Waals surface area contributed by atoms with E-state index in [1.54, 1.807) is 0 Å². The molecule has 98 valence electrons. The molecule has 0 aliphatic carbocycles. The summed E-state index contributed by atoms with van der Waals surface area (Å²) in [6.07, 6.45) is 5.84. The van der Waals surface area contributed by atoms with E-state index in [2.05, 4.69) is 16.8 Å². The first-order chi connectivity index (χ1) is 8.79. The number of rotatable bonds is 2. The Bertz CT molecular complexity index is 447. The Morgan fingerprint density at radius 2 is 2.22 bits per heavy atom. The molecule has 0 radical (unpaired) electrons. The van der Waals surface area contributed by atoms with Crippen LogP contribution in [0.1, 0.15) is 44.1 Å². The highest BCUT2D eigenvalue weighted by atomic mass is 16.5. The zero-order chi connectivity index (χ0) is 12.5. The van der Waals surface area contributed by atoms with E-state index in [0.29, 0.717) is 6.04 Å². The van der Waals surface area contributed by atoms with E-state index < -0.39 is 0 Å². The fourth-order valence-corrected chi connectivity index (χ4v) is 2.94. The second kappa shape index (κ2) is 4.75. The average molecular weight is 247 g/mol. The molecule has 4 heteroatoms. The van der Waals surface area contributed by atoms with Crippen molar-refractivity contribution in [1.29, 1.82) is 0 Å². The van der Waals surface area contributed by atoms with Gasteiger partial charge in [0.05, 0.1) is 11.7 Å². The van der Waals surface area contributed by atoms with Gasteiger partial charge in [-0.1, -0.05) is 6.92 Å². The molecule has 18 heavy (non-hydrogen) atoms. The molecule has 3 rings (SSSR count). The largest absolute Gasteiger partial charge is 0.486 e. The number of ether oxygens (including phenoxy) is 1. The van der Waals surface area contributed by atoms with E-state index in [1.807, 2.05) is 6.92 Å². The van der Waals surface area contributed by atoms with Crippen molar-refractivity contribution in [2.24, 2.45) is 0 Å². The number of piperidine rings is 1. The van der Waals surface area contributed by atoms with Crippen molar-refractivity contribution in [1.82, 2.24) is 9.97 Å². The highest BCUT2D eigenvalue weighted by Crippen LogP contribution is 2.37. The van der Waals surface area contributed by atoms with Gasteiger partial charge in [0.1, 0.15) is 12.4 Å². The van der Waals surface area contributed by atoms with E-state index >= 15 is 0 Å². The topological polar surface area (TPSA) is 38.2 Å². The Hall–Kier alpha value is -1.32. The van der Waals surface area contributed by atoms with Gasteiger partial charge in [0.25, 0.3) is 0 Å². The lowest BCUT2D eigenvalue weighted by Crippen LogP contribution is -2.47. The van der Waals surface area contributed by atoms with Crippen molar-refractivity contribution in [3.8, 4) is 5.75 Å². The summed E-state index contributed by atoms with van der Waals surface area (Å²) in [6.45, 7) is 6.11. The summed E-state index contributed by atoms with van der Waals surface area (Å²) in [5, 5.41) is 0. The Morgan fingerprint density at radius 1 is 1.33 bits per heavy atom. The van der Waals surface area contributed by atoms with Crippen LogP contribution in [-0.4, -0.2) is 29.2 Å². The molecule has 0 amide bonds. The number of hydrogen-bond donors (Lipinski definition) is 0. The average Bonchev–Trinajstić information content (AvgIpc) is 2.39. The fourth-order valence-electron chi connectivity index (χ4n) is 2.94. The molecule has 0 spiro atoms. The number of aryl methyl sites for hydroxylation is 2. The molecule has 0 N–H and O–H groups in total. The number of nitrogens with zero attached hydrogens (tertiary/aromatic N) is 3. The molecule has 0 saturated carbocycles. The summed E-state index contributed by atoms with van der Waals surface area (Å²) in [6, 6.07) is 0.523. The maximum Gasteiger partial charge on any atom is 0.183 e. The van der Waals surface area contributed by atoms with Gasteiger partial charge in [-0.3, -0.25) is 0 Å². The molecule has 0 aromatic carbocycles. The summed E-state index contributed by atoms with van der Waals surface area (Å²) in [5.41, 5.74) is 0.993. The first-order valence-corrected chi connectivity index (χ1v) is 7.06. The van der Waals surface area contributed by atoms with Crippen LogP contribution in [0.2, 0.25) is 0 Å². The van der Waals surface area contributed by atoms with Crippen molar-refractivity contribution in [2.45, 2.75) is 52.0 Å². The Balaban J connectivity index is 2.00. The highest BCUT2D eigenvalue weighted by molar-refractivity contribution is 5.57. The van der Waals surface area contributed by atoms with Crippen LogP contribution in [0.5, 0.6) is 5.75 Å². The van der Waals surface area contributed by atoms with E-state index in [9.17, 15) is 0 Å². The molecule has 1 fully saturated rings. The van der Waals surface area contributed by atoms with Crippen molar-refractivity contribution in [2.75, 3.05) is 18.1 Å². The number of anilines is 1. The van der Waals surface area contributed by atoms with Crippen molar-refractivity contribution in [3.63, 3.8) is 0 Å². The zero-order valence-electron chi connectivity index (χ0n) is 11.3. The van der Waals surface area contributed by atoms with E-state index in [0.717, 1.165) is 49.1 Å². The van der Waals surface area contributed by atoms with Crippen LogP contribution >= 0.6 is 0 Å². The first-order valence-electron chi connectivity index (χ1n) is 7.06. The molecule has 1 atom stereocenters. The van der Waals surface area contributed by atoms with E-state index in [-0.39, 0.29) is 0 Å². The SMILES string of the molecule is CCCc1nc(C)c2c(n1)N1CCCCC1CO2. The molecule has 1 saturated heterocycles. The lowest BCUT2D eigenvalue weighted by atomic mass is 10.0. The van der Waals surface area contributed by atoms with Gasteiger partial charge >= 0.3 is 0 Å². The molecule has 1 aromatic rings. The smallest absolute Gasteiger partial charge is 0.183 e. The minimum absolute atomic E-state index is 0.523. The third-order valence-corrected chi connectivity index (χ3v) is 3.86. The van der Waals surface area contributed by atoms with Crippen LogP contribution < -0.4 is 9.64 Å². The number of fused-ring (bicyclic) bond motifs is 3. The fraction of sp³-hybridized carbons (Fsp3) is 0.714. The lowest BCUT2D eigenvalue weighted by molar-refractivity contribution is 0.234. The van der Waals surface area contributed by atoms with E-state index in [4.69, 9.17) is 9.72 Å². The van der Waals surface area contributed by atoms with Crippen LogP contribution in [0.25, 0.3) is 0 Å². The molecule has 1 unspecified atom stereocenters. The quantitative estimate of drug-likeness (QED) is 0.804. The molecule has 2 aliphatic heterocycles. The third-order valence-electron chi connectivity index (χ3n) is 3.86. The van der Waals surface area contributed by atoms with Gasteiger partial charge in [0.2, 0.25) is 0 Å². The van der Waals surface area contributed by atoms with Gasteiger partial charge in [0.15, 0.2) is 11.6 Å². The summed E-state index contributed by atoms with van der Waals surface area (Å²) in [4.78, 5) is 11.7. The second-order valence-electron chi connectivity index (χ2n) is 5.28. The summed E-state index contributed by atoms with van der Waals surface area (Å²) >= 11 is 0. The summed E-state index contributed by atoms with van der Waals surface area (Å²) < 4.78 is 5.89. The van der Waals surface area contributed by atoms with Crippen molar-refractivity contribution >= 4 is 5.82 Å². The predicted octanol–water partition coefficient (Wildman–Crippen LogP) is 2.49. The van der Waals surface area contributed by atoms with Crippen LogP contribution in [0.4, 0.5) is 5.82 Å². The molecular weight excluding hydrogens is 226 g/mol. The molecule has 4 nitrogen and oxygen atoms in total. The standard InChI is InChI=1S/C14H21N3O/c1-3-6-12-15-10(2)13-14(16-12)17-8-5-4-7-11(17)9-18-13/h11H,3-9H2,1-2H3. The molecule has 1 aromatic heterocycles. The zero-order valence-corrected chi connectivity index (χ0v) is 11.3. The van der Waals surface area contributed by atoms with Crippen LogP contribution in [-0.2, 0) is 6.42 Å². The minimum Gasteiger partial charge on any atom is -0.486 e. The monoisotopic (exact) mass is 247 g/mol. The third kappa shape index (κ3) is 1.93. The molecule has 0 bridgehead atoms. The number of aromatic nitrogens is 2. The lowest BCUT2D eigenvalue weighted by Gasteiger charge is -2.41. The van der Waals surface area contributed by atoms with Gasteiger partial charge in [-0.2, -0.15) is 0 Å². The van der Waals surface area contributed by atoms with Crippen LogP contribution in [0.15, 0.2) is 0 Å². The Kier molecular flexibility index (Phi) is 3.10. The van der Waals surface area contributed by atoms with Crippen molar-refractivity contribution in [3.05, 3.63) is 11.5 Å². The Labute approximate surface area is 108 Å². The van der Waals surface area contributed by atoms with Crippen LogP contribution in [0, 0.1) is 6.92 Å². The summed E-state index contributed by atoms with van der Waals surface area (Å²) in [7, 11) is 0. The minimum atomic E-state index is 0.523. The molecular formula is C14H21N3O. The first kappa shape index (κ1) is 11.8. The molecule has 2 aliphatic rings. The number of hydrogen-bond acceptors (Lipinski definition) is 4. The van der Waals surface area contributed by atoms with E-state index in [1.165, 1.54) is 19.3 Å². The highest BCUT2D eigenvalue weighted by Gasteiger charge is 2.32. The van der Waals surface area contributed by atoms with Gasteiger partial charge in [0, 0.05) is 13.0 Å². The van der Waals surface area contributed by atoms with Crippen LogP contribution in [0.3, 0.4) is 0 Å². The predicted molar refractivity (Wildman–Crippen MR) is 71.2 cm³/mol. The van der Waals surface area contributed by atoms with Gasteiger partial charge in [-0.15, -0.1) is 0 Å². The van der Waals surface area contributed by atoms with Gasteiger partial charge in [-0.25, -0.2) is 9.97 Å². The van der Waals surface area contributed by atoms with Gasteiger partial charge in [-0.05, 0) is 32.6 Å². The Morgan fingerprint density at radius 3 is 3.06 bits per heavy atom. The second-order valence-corrected chi connectivity index (χ2v) is 5.28. The normalized spacial score (nSPS) is 22.1. The van der Waals surface area contributed by atoms with Gasteiger partial charge < -0.3 is 9.64 Å². The van der Waals surface area contributed by atoms with Crippen molar-refractivity contribution < 1.29 is 4.74 Å². The maximum absolute atomic E-state index is 5.89.